The fraction of sp³-hybridized carbons (Fsp3) is 1.00. The van der Waals surface area contributed by atoms with Crippen LogP contribution in [0.4, 0.5) is 0 Å². The number of aliphatic hydroxyl groups excluding tert-OH is 3. The van der Waals surface area contributed by atoms with Crippen molar-refractivity contribution in [1.82, 2.24) is 0 Å². The van der Waals surface area contributed by atoms with Crippen molar-refractivity contribution in [3.8, 4) is 0 Å². The Morgan fingerprint density at radius 1 is 0.844 bits per heavy atom. The van der Waals surface area contributed by atoms with Crippen LogP contribution in [0.25, 0.3) is 0 Å². The van der Waals surface area contributed by atoms with Crippen molar-refractivity contribution in [3.63, 3.8) is 0 Å². The van der Waals surface area contributed by atoms with Crippen molar-refractivity contribution in [2.75, 3.05) is 6.61 Å². The minimum atomic E-state index is -0.606. The smallest absolute Gasteiger partial charge is 0.171 e. The lowest BCUT2D eigenvalue weighted by molar-refractivity contribution is -0.282. The van der Waals surface area contributed by atoms with E-state index in [1.807, 2.05) is 0 Å². The van der Waals surface area contributed by atoms with E-state index in [0.29, 0.717) is 41.9 Å². The van der Waals surface area contributed by atoms with E-state index in [1.54, 1.807) is 0 Å². The third-order valence-corrected chi connectivity index (χ3v) is 12.0. The summed E-state index contributed by atoms with van der Waals surface area (Å²) in [6.07, 6.45) is 6.33. The molecule has 0 radical (unpaired) electrons. The lowest BCUT2D eigenvalue weighted by Gasteiger charge is -2.62. The van der Waals surface area contributed by atoms with E-state index in [9.17, 15) is 15.3 Å². The Morgan fingerprint density at radius 2 is 1.62 bits per heavy atom. The molecule has 1 spiro atoms. The molecular weight excluding hydrogens is 404 g/mol. The van der Waals surface area contributed by atoms with Crippen molar-refractivity contribution < 1.29 is 24.8 Å². The van der Waals surface area contributed by atoms with Crippen molar-refractivity contribution >= 4 is 0 Å². The van der Waals surface area contributed by atoms with E-state index in [4.69, 9.17) is 9.47 Å². The van der Waals surface area contributed by atoms with Crippen LogP contribution in [0.15, 0.2) is 0 Å². The minimum absolute atomic E-state index is 0.0661. The molecule has 2 saturated heterocycles. The number of ether oxygens (including phenoxy) is 2. The maximum Gasteiger partial charge on any atom is 0.171 e. The Kier molecular flexibility index (Phi) is 4.99. The number of hydrogen-bond donors (Lipinski definition) is 3. The quantitative estimate of drug-likeness (QED) is 0.526. The molecule has 0 amide bonds. The molecule has 6 rings (SSSR count). The van der Waals surface area contributed by atoms with Crippen molar-refractivity contribution in [1.29, 1.82) is 0 Å². The Morgan fingerprint density at radius 3 is 2.34 bits per heavy atom. The molecule has 4 saturated carbocycles. The van der Waals surface area contributed by atoms with Gasteiger partial charge in [0.2, 0.25) is 0 Å². The third-order valence-electron chi connectivity index (χ3n) is 12.0. The molecule has 0 aromatic carbocycles. The van der Waals surface area contributed by atoms with E-state index < -0.39 is 24.1 Å². The van der Waals surface area contributed by atoms with Gasteiger partial charge in [0.15, 0.2) is 5.79 Å². The molecule has 4 aliphatic carbocycles. The molecule has 3 N–H and O–H groups in total. The highest BCUT2D eigenvalue weighted by Crippen LogP contribution is 2.71. The van der Waals surface area contributed by atoms with Crippen molar-refractivity contribution in [2.24, 2.45) is 52.3 Å². The fourth-order valence-electron chi connectivity index (χ4n) is 10.3. The molecule has 5 nitrogen and oxygen atoms in total. The fourth-order valence-corrected chi connectivity index (χ4v) is 10.3. The van der Waals surface area contributed by atoms with Gasteiger partial charge >= 0.3 is 0 Å². The van der Waals surface area contributed by atoms with E-state index >= 15 is 0 Å². The first-order chi connectivity index (χ1) is 15.1. The van der Waals surface area contributed by atoms with Crippen LogP contribution >= 0.6 is 0 Å². The second-order valence-corrected chi connectivity index (χ2v) is 13.3. The molecule has 5 heteroatoms. The van der Waals surface area contributed by atoms with E-state index in [1.165, 1.54) is 6.42 Å². The molecule has 0 aromatic rings. The van der Waals surface area contributed by atoms with Gasteiger partial charge < -0.3 is 24.8 Å². The third kappa shape index (κ3) is 2.75. The summed E-state index contributed by atoms with van der Waals surface area (Å²) in [4.78, 5) is 0. The van der Waals surface area contributed by atoms with Gasteiger partial charge in [0.1, 0.15) is 0 Å². The van der Waals surface area contributed by atoms with E-state index in [2.05, 4.69) is 27.7 Å². The summed E-state index contributed by atoms with van der Waals surface area (Å²) in [7, 11) is 0. The molecule has 6 aliphatic rings. The maximum atomic E-state index is 11.8. The Hall–Kier alpha value is -0.200. The highest BCUT2D eigenvalue weighted by Gasteiger charge is 2.72. The molecule has 2 heterocycles. The van der Waals surface area contributed by atoms with Crippen LogP contribution in [-0.4, -0.2) is 52.1 Å². The van der Waals surface area contributed by atoms with Gasteiger partial charge in [-0.3, -0.25) is 0 Å². The number of rotatable bonds is 0. The Bertz CT molecular complexity index is 748. The van der Waals surface area contributed by atoms with Gasteiger partial charge in [-0.1, -0.05) is 27.7 Å². The summed E-state index contributed by atoms with van der Waals surface area (Å²) in [5.41, 5.74) is 0.146. The monoisotopic (exact) mass is 448 g/mol. The summed E-state index contributed by atoms with van der Waals surface area (Å²) in [5.74, 6) is 2.49. The number of fused-ring (bicyclic) bond motifs is 7. The van der Waals surface area contributed by atoms with Crippen LogP contribution in [0, 0.1) is 52.3 Å². The normalized spacial score (nSPS) is 64.0. The lowest BCUT2D eigenvalue weighted by atomic mass is 9.44. The van der Waals surface area contributed by atoms with Crippen LogP contribution in [0.3, 0.4) is 0 Å². The zero-order chi connectivity index (χ0) is 22.6. The predicted molar refractivity (Wildman–Crippen MR) is 121 cm³/mol. The van der Waals surface area contributed by atoms with Crippen molar-refractivity contribution in [3.05, 3.63) is 0 Å². The van der Waals surface area contributed by atoms with Crippen LogP contribution in [0.2, 0.25) is 0 Å². The second kappa shape index (κ2) is 7.16. The maximum absolute atomic E-state index is 11.8. The molecule has 32 heavy (non-hydrogen) atoms. The standard InChI is InChI=1S/C27H44O5/c1-14-7-10-27(31-13-14)15(2)21-24(32-27)23(30)22-17-6-5-16-11-19(28)20(29)12-26(16,4)18(17)8-9-25(21,22)3/h14-24,28-30H,5-13H2,1-4H3/t14?,15-,16?,17+,18-,19?,20?,21-,22+,23?,24+,25+,26-,27+/m0/s1. The average Bonchev–Trinajstić information content (AvgIpc) is 3.15. The highest BCUT2D eigenvalue weighted by molar-refractivity contribution is 5.18. The molecule has 0 aromatic heterocycles. The van der Waals surface area contributed by atoms with Crippen molar-refractivity contribution in [2.45, 2.75) is 109 Å². The summed E-state index contributed by atoms with van der Waals surface area (Å²) < 4.78 is 13.1. The Labute approximate surface area is 193 Å². The number of aliphatic hydroxyl groups is 3. The molecular formula is C27H44O5. The highest BCUT2D eigenvalue weighted by atomic mass is 16.7. The van der Waals surface area contributed by atoms with E-state index in [-0.39, 0.29) is 22.9 Å². The predicted octanol–water partition coefficient (Wildman–Crippen LogP) is 3.74. The first-order valence-corrected chi connectivity index (χ1v) is 13.5. The van der Waals surface area contributed by atoms with Gasteiger partial charge in [0.25, 0.3) is 0 Å². The minimum Gasteiger partial charge on any atom is -0.390 e. The van der Waals surface area contributed by atoms with Crippen LogP contribution < -0.4 is 0 Å². The van der Waals surface area contributed by atoms with Crippen LogP contribution in [0.5, 0.6) is 0 Å². The zero-order valence-electron chi connectivity index (χ0n) is 20.4. The topological polar surface area (TPSA) is 79.2 Å². The molecule has 14 atom stereocenters. The summed E-state index contributed by atoms with van der Waals surface area (Å²) in [6, 6.07) is 0. The summed E-state index contributed by atoms with van der Waals surface area (Å²) >= 11 is 0. The van der Waals surface area contributed by atoms with Crippen LogP contribution in [-0.2, 0) is 9.47 Å². The van der Waals surface area contributed by atoms with Gasteiger partial charge in [-0.25, -0.2) is 0 Å². The molecule has 182 valence electrons. The van der Waals surface area contributed by atoms with Gasteiger partial charge in [-0.2, -0.15) is 0 Å². The molecule has 5 unspecified atom stereocenters. The van der Waals surface area contributed by atoms with Gasteiger partial charge in [-0.15, -0.1) is 0 Å². The summed E-state index contributed by atoms with van der Waals surface area (Å²) in [6.45, 7) is 10.2. The molecule has 2 aliphatic heterocycles. The van der Waals surface area contributed by atoms with Gasteiger partial charge in [0.05, 0.1) is 31.0 Å². The lowest BCUT2D eigenvalue weighted by Crippen LogP contribution is -2.58. The zero-order valence-corrected chi connectivity index (χ0v) is 20.4. The molecule has 6 fully saturated rings. The first-order valence-electron chi connectivity index (χ1n) is 13.5. The second-order valence-electron chi connectivity index (χ2n) is 13.3. The average molecular weight is 449 g/mol. The SMILES string of the molecule is CC1CC[C@@]2(OC1)O[C@H]1C(O)[C@H]3[C@@H]4CCC5CC(O)C(O)C[C@]5(C)[C@H]4CC[C@]3(C)[C@H]1[C@@H]2C. The van der Waals surface area contributed by atoms with Gasteiger partial charge in [-0.05, 0) is 85.4 Å². The first kappa shape index (κ1) is 22.3. The van der Waals surface area contributed by atoms with Crippen LogP contribution in [0.1, 0.15) is 79.1 Å². The Balaban J connectivity index is 1.30. The largest absolute Gasteiger partial charge is 0.390 e. The number of hydrogen-bond acceptors (Lipinski definition) is 5. The molecule has 0 bridgehead atoms. The van der Waals surface area contributed by atoms with E-state index in [0.717, 1.165) is 45.1 Å². The van der Waals surface area contributed by atoms with Gasteiger partial charge in [0, 0.05) is 18.3 Å². The summed E-state index contributed by atoms with van der Waals surface area (Å²) in [5, 5.41) is 32.7.